The van der Waals surface area contributed by atoms with Gasteiger partial charge >= 0.3 is 5.97 Å². The normalized spacial score (nSPS) is 12.7. The van der Waals surface area contributed by atoms with Gasteiger partial charge in [-0.05, 0) is 44.9 Å². The van der Waals surface area contributed by atoms with Crippen molar-refractivity contribution >= 4 is 11.9 Å². The van der Waals surface area contributed by atoms with Crippen LogP contribution in [0.1, 0.15) is 296 Å². The number of hydrogen-bond acceptors (Lipinski definition) is 5. The fourth-order valence-corrected chi connectivity index (χ4v) is 8.41. The summed E-state index contributed by atoms with van der Waals surface area (Å²) in [5, 5.41) is 23.2. The number of hydrogen-bond donors (Lipinski definition) is 3. The zero-order valence-electron chi connectivity index (χ0n) is 40.5. The smallest absolute Gasteiger partial charge is 0.305 e. The monoisotopic (exact) mass is 848 g/mol. The highest BCUT2D eigenvalue weighted by atomic mass is 16.5. The lowest BCUT2D eigenvalue weighted by atomic mass is 10.0. The van der Waals surface area contributed by atoms with Gasteiger partial charge in [-0.2, -0.15) is 0 Å². The number of allylic oxidation sites excluding steroid dienone is 2. The Labute approximate surface area is 374 Å². The van der Waals surface area contributed by atoms with Crippen LogP contribution in [-0.2, 0) is 14.3 Å². The largest absolute Gasteiger partial charge is 0.466 e. The van der Waals surface area contributed by atoms with Crippen molar-refractivity contribution in [3.8, 4) is 0 Å². The Morgan fingerprint density at radius 3 is 1.22 bits per heavy atom. The van der Waals surface area contributed by atoms with Crippen molar-refractivity contribution in [3.05, 3.63) is 12.2 Å². The summed E-state index contributed by atoms with van der Waals surface area (Å²) in [6, 6.07) is -0.577. The second-order valence-corrected chi connectivity index (χ2v) is 18.6. The minimum Gasteiger partial charge on any atom is -0.466 e. The van der Waals surface area contributed by atoms with Crippen molar-refractivity contribution in [2.75, 3.05) is 13.2 Å². The molecule has 0 saturated carbocycles. The van der Waals surface area contributed by atoms with Crippen LogP contribution in [0.4, 0.5) is 0 Å². The van der Waals surface area contributed by atoms with Crippen LogP contribution in [0.2, 0.25) is 0 Å². The maximum absolute atomic E-state index is 12.4. The van der Waals surface area contributed by atoms with Crippen LogP contribution in [0.25, 0.3) is 0 Å². The highest BCUT2D eigenvalue weighted by molar-refractivity contribution is 5.76. The molecule has 6 heteroatoms. The molecule has 0 aliphatic rings. The van der Waals surface area contributed by atoms with Gasteiger partial charge in [0.2, 0.25) is 5.91 Å². The zero-order valence-corrected chi connectivity index (χ0v) is 40.5. The molecule has 0 bridgehead atoms. The molecule has 60 heavy (non-hydrogen) atoms. The van der Waals surface area contributed by atoms with Crippen LogP contribution < -0.4 is 5.32 Å². The molecule has 0 aromatic rings. The standard InChI is InChI=1S/C54H105NO5/c1-3-5-7-9-11-13-15-17-19-20-21-22-24-26-28-32-36-40-44-48-54(59)60-49-45-41-37-33-29-31-35-39-43-47-53(58)55-51(50-56)52(57)46-42-38-34-30-27-25-23-18-16-14-12-10-8-6-4-2/h31,35,51-52,56-57H,3-30,32-34,36-50H2,1-2H3,(H,55,58)/b35-31-. The first kappa shape index (κ1) is 58.6. The molecule has 356 valence electrons. The third-order valence-electron chi connectivity index (χ3n) is 12.6. The lowest BCUT2D eigenvalue weighted by Crippen LogP contribution is -2.45. The summed E-state index contributed by atoms with van der Waals surface area (Å²) in [4.78, 5) is 24.5. The van der Waals surface area contributed by atoms with Crippen LogP contribution in [0, 0.1) is 0 Å². The number of amides is 1. The van der Waals surface area contributed by atoms with E-state index in [4.69, 9.17) is 4.74 Å². The number of ether oxygens (including phenoxy) is 1. The fraction of sp³-hybridized carbons (Fsp3) is 0.926. The van der Waals surface area contributed by atoms with Gasteiger partial charge in [0.05, 0.1) is 25.4 Å². The molecular formula is C54H105NO5. The van der Waals surface area contributed by atoms with Crippen molar-refractivity contribution in [2.45, 2.75) is 309 Å². The third kappa shape index (κ3) is 46.1. The molecule has 6 nitrogen and oxygen atoms in total. The Balaban J connectivity index is 3.49. The van der Waals surface area contributed by atoms with Crippen molar-refractivity contribution in [3.63, 3.8) is 0 Å². The second-order valence-electron chi connectivity index (χ2n) is 18.6. The van der Waals surface area contributed by atoms with Gasteiger partial charge in [-0.15, -0.1) is 0 Å². The van der Waals surface area contributed by atoms with Gasteiger partial charge in [0, 0.05) is 12.8 Å². The molecular weight excluding hydrogens is 743 g/mol. The van der Waals surface area contributed by atoms with Crippen molar-refractivity contribution in [1.82, 2.24) is 5.32 Å². The number of esters is 1. The SMILES string of the molecule is CCCCCCCCCCCCCCCCCCCCCC(=O)OCCCCCC/C=C\CCCC(=O)NC(CO)C(O)CCCCCCCCCCCCCCCCC. The average Bonchev–Trinajstić information content (AvgIpc) is 3.25. The first-order valence-corrected chi connectivity index (χ1v) is 26.9. The summed E-state index contributed by atoms with van der Waals surface area (Å²) in [6.45, 7) is 4.88. The summed E-state index contributed by atoms with van der Waals surface area (Å²) in [6.07, 6.45) is 57.7. The van der Waals surface area contributed by atoms with Gasteiger partial charge in [0.25, 0.3) is 0 Å². The summed E-state index contributed by atoms with van der Waals surface area (Å²) >= 11 is 0. The highest BCUT2D eigenvalue weighted by Gasteiger charge is 2.20. The van der Waals surface area contributed by atoms with Crippen LogP contribution in [0.15, 0.2) is 12.2 Å². The number of aliphatic hydroxyl groups excluding tert-OH is 2. The summed E-state index contributed by atoms with van der Waals surface area (Å²) in [5.74, 6) is -0.124. The maximum Gasteiger partial charge on any atom is 0.305 e. The number of aliphatic hydroxyl groups is 2. The third-order valence-corrected chi connectivity index (χ3v) is 12.6. The molecule has 0 aromatic heterocycles. The minimum atomic E-state index is -0.693. The minimum absolute atomic E-state index is 0.0305. The van der Waals surface area contributed by atoms with Crippen LogP contribution in [0.5, 0.6) is 0 Å². The lowest BCUT2D eigenvalue weighted by molar-refractivity contribution is -0.143. The first-order valence-electron chi connectivity index (χ1n) is 26.9. The highest BCUT2D eigenvalue weighted by Crippen LogP contribution is 2.17. The van der Waals surface area contributed by atoms with Gasteiger partial charge in [-0.25, -0.2) is 0 Å². The van der Waals surface area contributed by atoms with E-state index in [1.165, 1.54) is 193 Å². The Hall–Kier alpha value is -1.40. The summed E-state index contributed by atoms with van der Waals surface area (Å²) in [7, 11) is 0. The number of unbranched alkanes of at least 4 members (excludes halogenated alkanes) is 37. The molecule has 2 unspecified atom stereocenters. The molecule has 3 N–H and O–H groups in total. The van der Waals surface area contributed by atoms with E-state index in [1.54, 1.807) is 0 Å². The molecule has 2 atom stereocenters. The van der Waals surface area contributed by atoms with Gasteiger partial charge < -0.3 is 20.3 Å². The van der Waals surface area contributed by atoms with Crippen molar-refractivity contribution in [1.29, 1.82) is 0 Å². The average molecular weight is 848 g/mol. The van der Waals surface area contributed by atoms with E-state index in [-0.39, 0.29) is 18.5 Å². The Bertz CT molecular complexity index is 893. The molecule has 0 aromatic carbocycles. The van der Waals surface area contributed by atoms with E-state index in [2.05, 4.69) is 31.3 Å². The van der Waals surface area contributed by atoms with E-state index in [1.807, 2.05) is 0 Å². The second kappa shape index (κ2) is 50.2. The van der Waals surface area contributed by atoms with E-state index in [0.29, 0.717) is 25.9 Å². The van der Waals surface area contributed by atoms with Gasteiger partial charge in [-0.3, -0.25) is 9.59 Å². The predicted octanol–water partition coefficient (Wildman–Crippen LogP) is 16.1. The number of rotatable bonds is 50. The topological polar surface area (TPSA) is 95.9 Å². The van der Waals surface area contributed by atoms with Crippen molar-refractivity contribution < 1.29 is 24.5 Å². The lowest BCUT2D eigenvalue weighted by Gasteiger charge is -2.22. The Morgan fingerprint density at radius 2 is 0.800 bits per heavy atom. The van der Waals surface area contributed by atoms with Gasteiger partial charge in [0.1, 0.15) is 0 Å². The quantitative estimate of drug-likeness (QED) is 0.0322. The molecule has 0 radical (unpaired) electrons. The zero-order chi connectivity index (χ0) is 43.7. The number of carbonyl (C=O) groups is 2. The number of carbonyl (C=O) groups excluding carboxylic acids is 2. The molecule has 0 rings (SSSR count). The van der Waals surface area contributed by atoms with Crippen LogP contribution in [-0.4, -0.2) is 47.4 Å². The molecule has 0 aliphatic carbocycles. The van der Waals surface area contributed by atoms with E-state index in [0.717, 1.165) is 70.6 Å². The molecule has 0 aliphatic heterocycles. The molecule has 0 spiro atoms. The van der Waals surface area contributed by atoms with E-state index >= 15 is 0 Å². The molecule has 0 fully saturated rings. The van der Waals surface area contributed by atoms with Crippen LogP contribution >= 0.6 is 0 Å². The van der Waals surface area contributed by atoms with Gasteiger partial charge in [-0.1, -0.05) is 251 Å². The maximum atomic E-state index is 12.4. The molecule has 0 heterocycles. The first-order chi connectivity index (χ1) is 29.5. The Morgan fingerprint density at radius 1 is 0.450 bits per heavy atom. The molecule has 1 amide bonds. The predicted molar refractivity (Wildman–Crippen MR) is 260 cm³/mol. The van der Waals surface area contributed by atoms with E-state index < -0.39 is 12.1 Å². The van der Waals surface area contributed by atoms with Gasteiger partial charge in [0.15, 0.2) is 0 Å². The Kier molecular flexibility index (Phi) is 49.1. The number of nitrogens with one attached hydrogen (secondary N) is 1. The summed E-state index contributed by atoms with van der Waals surface area (Å²) in [5.41, 5.74) is 0. The fourth-order valence-electron chi connectivity index (χ4n) is 8.41. The molecule has 0 saturated heterocycles. The van der Waals surface area contributed by atoms with E-state index in [9.17, 15) is 19.8 Å². The van der Waals surface area contributed by atoms with Crippen LogP contribution in [0.3, 0.4) is 0 Å². The van der Waals surface area contributed by atoms with Crippen molar-refractivity contribution in [2.24, 2.45) is 0 Å². The summed E-state index contributed by atoms with van der Waals surface area (Å²) < 4.78 is 5.46.